The molecule has 0 radical (unpaired) electrons. The van der Waals surface area contributed by atoms with Gasteiger partial charge in [-0.1, -0.05) is 17.5 Å². The van der Waals surface area contributed by atoms with Gasteiger partial charge in [-0.2, -0.15) is 8.42 Å². The van der Waals surface area contributed by atoms with Crippen molar-refractivity contribution >= 4 is 22.4 Å². The van der Waals surface area contributed by atoms with Gasteiger partial charge in [-0.05, 0) is 24.3 Å². The third-order valence-corrected chi connectivity index (χ3v) is 2.73. The maximum absolute atomic E-state index is 11.1. The van der Waals surface area contributed by atoms with Crippen LogP contribution in [0.2, 0.25) is 0 Å². The normalized spacial score (nSPS) is 10.4. The molecule has 0 atom stereocenters. The van der Waals surface area contributed by atoms with Crippen LogP contribution >= 0.6 is 12.3 Å². The second-order valence-corrected chi connectivity index (χ2v) is 4.62. The van der Waals surface area contributed by atoms with Crippen molar-refractivity contribution in [1.29, 1.82) is 0 Å². The molecule has 6 nitrogen and oxygen atoms in total. The molecule has 1 rings (SSSR count). The summed E-state index contributed by atoms with van der Waals surface area (Å²) in [7, 11) is -3.75. The third kappa shape index (κ3) is 5.13. The van der Waals surface area contributed by atoms with E-state index in [1.165, 1.54) is 24.3 Å². The van der Waals surface area contributed by atoms with Crippen molar-refractivity contribution in [2.24, 2.45) is 0 Å². The van der Waals surface area contributed by atoms with Crippen molar-refractivity contribution in [3.63, 3.8) is 0 Å². The molecule has 0 aliphatic rings. The average molecular weight is 290 g/mol. The van der Waals surface area contributed by atoms with E-state index in [0.717, 1.165) is 6.26 Å². The lowest BCUT2D eigenvalue weighted by molar-refractivity contribution is -0.133. The fourth-order valence-corrected chi connectivity index (χ4v) is 1.57. The van der Waals surface area contributed by atoms with Crippen molar-refractivity contribution < 1.29 is 26.0 Å². The number of rotatable bonds is 8. The molecule has 0 spiro atoms. The zero-order valence-electron chi connectivity index (χ0n) is 9.14. The fraction of sp³-hybridized carbons (Fsp3) is 0. The van der Waals surface area contributed by atoms with Gasteiger partial charge in [0.2, 0.25) is 0 Å². The Hall–Kier alpha value is -1.64. The molecule has 0 aliphatic carbocycles. The Morgan fingerprint density at radius 3 is 2.28 bits per heavy atom. The summed E-state index contributed by atoms with van der Waals surface area (Å²) < 4.78 is 36.3. The van der Waals surface area contributed by atoms with E-state index in [1.54, 1.807) is 0 Å². The first-order chi connectivity index (χ1) is 8.57. The van der Waals surface area contributed by atoms with Gasteiger partial charge in [0.1, 0.15) is 17.8 Å². The van der Waals surface area contributed by atoms with Gasteiger partial charge in [0.15, 0.2) is 0 Å². The molecule has 0 bridgehead atoms. The molecule has 0 heterocycles. The minimum Gasteiger partial charge on any atom is -0.398 e. The van der Waals surface area contributed by atoms with E-state index in [-0.39, 0.29) is 5.75 Å². The van der Waals surface area contributed by atoms with Crippen molar-refractivity contribution in [3.8, 4) is 11.5 Å². The van der Waals surface area contributed by atoms with Crippen LogP contribution in [0.25, 0.3) is 0 Å². The van der Waals surface area contributed by atoms with Gasteiger partial charge < -0.3 is 13.3 Å². The van der Waals surface area contributed by atoms with Crippen LogP contribution in [0.5, 0.6) is 11.5 Å². The summed E-state index contributed by atoms with van der Waals surface area (Å²) in [5, 5.41) is 0.716. The third-order valence-electron chi connectivity index (χ3n) is 1.51. The van der Waals surface area contributed by atoms with E-state index in [0.29, 0.717) is 23.5 Å². The van der Waals surface area contributed by atoms with Gasteiger partial charge in [-0.25, -0.2) is 0 Å². The highest BCUT2D eigenvalue weighted by Gasteiger charge is 2.06. The Bertz CT molecular complexity index is 494. The zero-order chi connectivity index (χ0) is 13.4. The highest BCUT2D eigenvalue weighted by atomic mass is 32.2. The van der Waals surface area contributed by atoms with E-state index >= 15 is 0 Å². The lowest BCUT2D eigenvalue weighted by Crippen LogP contribution is -2.04. The molecular formula is C10H10O6S2. The molecule has 98 valence electrons. The summed E-state index contributed by atoms with van der Waals surface area (Å²) in [6.07, 6.45) is 1.09. The minimum atomic E-state index is -3.75. The molecule has 0 unspecified atom stereocenters. The molecule has 0 aliphatic heterocycles. The smallest absolute Gasteiger partial charge is 0.331 e. The topological polar surface area (TPSA) is 71.1 Å². The molecule has 1 aromatic carbocycles. The van der Waals surface area contributed by atoms with E-state index in [1.807, 2.05) is 0 Å². The van der Waals surface area contributed by atoms with Crippen LogP contribution in [-0.4, -0.2) is 8.42 Å². The minimum absolute atomic E-state index is 0.149. The van der Waals surface area contributed by atoms with E-state index < -0.39 is 10.1 Å². The summed E-state index contributed by atoms with van der Waals surface area (Å²) in [5.74, 6) is 0.575. The molecule has 0 fully saturated rings. The second kappa shape index (κ2) is 6.94. The number of hydrogen-bond acceptors (Lipinski definition) is 7. The molecular weight excluding hydrogens is 280 g/mol. The van der Waals surface area contributed by atoms with Crippen LogP contribution in [-0.2, 0) is 19.3 Å². The van der Waals surface area contributed by atoms with E-state index in [2.05, 4.69) is 26.6 Å². The summed E-state index contributed by atoms with van der Waals surface area (Å²) in [6, 6.07) is 5.84. The SMILES string of the molecule is C=COOSOc1ccc(OS(=O)(=O)C=C)cc1. The lowest BCUT2D eigenvalue weighted by atomic mass is 10.3. The maximum Gasteiger partial charge on any atom is 0.331 e. The van der Waals surface area contributed by atoms with Gasteiger partial charge >= 0.3 is 10.1 Å². The predicted octanol–water partition coefficient (Wildman–Crippen LogP) is 2.57. The standard InChI is InChI=1S/C10H10O6S2/c1-3-13-16-17-14-9-5-7-10(8-6-9)15-18(11,12)4-2/h3-8H,1-2H2. The van der Waals surface area contributed by atoms with Gasteiger partial charge in [0.05, 0.1) is 5.41 Å². The monoisotopic (exact) mass is 290 g/mol. The molecule has 0 saturated carbocycles. The Kier molecular flexibility index (Phi) is 5.56. The summed E-state index contributed by atoms with van der Waals surface area (Å²) in [5.41, 5.74) is 0. The molecule has 0 saturated heterocycles. The largest absolute Gasteiger partial charge is 0.398 e. The fourth-order valence-electron chi connectivity index (χ4n) is 0.816. The van der Waals surface area contributed by atoms with Crippen molar-refractivity contribution in [3.05, 3.63) is 49.1 Å². The molecule has 8 heteroatoms. The van der Waals surface area contributed by atoms with Crippen LogP contribution in [0.1, 0.15) is 0 Å². The first-order valence-corrected chi connectivity index (χ1v) is 6.66. The van der Waals surface area contributed by atoms with Crippen LogP contribution in [0.3, 0.4) is 0 Å². The van der Waals surface area contributed by atoms with Gasteiger partial charge in [0, 0.05) is 0 Å². The Labute approximate surface area is 109 Å². The predicted molar refractivity (Wildman–Crippen MR) is 66.8 cm³/mol. The van der Waals surface area contributed by atoms with Crippen LogP contribution in [0.4, 0.5) is 0 Å². The Morgan fingerprint density at radius 2 is 1.72 bits per heavy atom. The van der Waals surface area contributed by atoms with Crippen LogP contribution < -0.4 is 8.37 Å². The molecule has 18 heavy (non-hydrogen) atoms. The summed E-state index contributed by atoms with van der Waals surface area (Å²) in [4.78, 5) is 4.35. The highest BCUT2D eigenvalue weighted by Crippen LogP contribution is 2.22. The highest BCUT2D eigenvalue weighted by molar-refractivity contribution is 7.90. The zero-order valence-corrected chi connectivity index (χ0v) is 10.8. The van der Waals surface area contributed by atoms with Crippen molar-refractivity contribution in [2.45, 2.75) is 0 Å². The average Bonchev–Trinajstić information content (AvgIpc) is 2.36. The van der Waals surface area contributed by atoms with Crippen molar-refractivity contribution in [1.82, 2.24) is 0 Å². The van der Waals surface area contributed by atoms with E-state index in [9.17, 15) is 8.42 Å². The first kappa shape index (κ1) is 14.4. The van der Waals surface area contributed by atoms with Gasteiger partial charge in [-0.3, -0.25) is 0 Å². The second-order valence-electron chi connectivity index (χ2n) is 2.70. The quantitative estimate of drug-likeness (QED) is 0.182. The lowest BCUT2D eigenvalue weighted by Gasteiger charge is -2.04. The molecule has 0 N–H and O–H groups in total. The number of benzene rings is 1. The van der Waals surface area contributed by atoms with Gasteiger partial charge in [0.25, 0.3) is 12.3 Å². The molecule has 1 aromatic rings. The summed E-state index contributed by atoms with van der Waals surface area (Å²) >= 11 is 0.586. The van der Waals surface area contributed by atoms with Crippen LogP contribution in [0.15, 0.2) is 49.1 Å². The molecule has 0 aromatic heterocycles. The summed E-state index contributed by atoms with van der Waals surface area (Å²) in [6.45, 7) is 6.39. The Morgan fingerprint density at radius 1 is 1.11 bits per heavy atom. The number of hydrogen-bond donors (Lipinski definition) is 0. The van der Waals surface area contributed by atoms with Gasteiger partial charge in [-0.15, -0.1) is 0 Å². The molecule has 0 amide bonds. The first-order valence-electron chi connectivity index (χ1n) is 4.52. The van der Waals surface area contributed by atoms with Crippen LogP contribution in [0, 0.1) is 0 Å². The maximum atomic E-state index is 11.1. The Balaban J connectivity index is 2.52. The van der Waals surface area contributed by atoms with Crippen molar-refractivity contribution in [2.75, 3.05) is 0 Å². The van der Waals surface area contributed by atoms with E-state index in [4.69, 9.17) is 4.18 Å².